The van der Waals surface area contributed by atoms with Crippen LogP contribution in [0.25, 0.3) is 0 Å². The number of rotatable bonds is 7. The molecule has 8 nitrogen and oxygen atoms in total. The summed E-state index contributed by atoms with van der Waals surface area (Å²) in [5.41, 5.74) is 0.850. The van der Waals surface area contributed by atoms with Gasteiger partial charge in [0.25, 0.3) is 5.91 Å². The molecule has 2 aromatic carbocycles. The van der Waals surface area contributed by atoms with Crippen LogP contribution in [0.4, 0.5) is 10.5 Å². The molecule has 35 heavy (non-hydrogen) atoms. The molecule has 0 aliphatic carbocycles. The van der Waals surface area contributed by atoms with E-state index in [1.54, 1.807) is 58.9 Å². The number of hydrogen-bond acceptors (Lipinski definition) is 5. The highest BCUT2D eigenvalue weighted by Crippen LogP contribution is 2.31. The maximum absolute atomic E-state index is 13.7. The molecule has 0 fully saturated rings. The van der Waals surface area contributed by atoms with Crippen LogP contribution in [0.2, 0.25) is 5.02 Å². The Balaban J connectivity index is 2.46. The van der Waals surface area contributed by atoms with Crippen molar-refractivity contribution in [3.05, 3.63) is 58.6 Å². The SMILES string of the molecule is Cc1cccc(Cl)c1NC(=O)C(c1cccc(O)c1)N(C(=O)C(C)NC(=O)OC(C)(C)C)C(C)C. The number of phenols is 1. The number of carbonyl (C=O) groups excluding carboxylic acids is 3. The van der Waals surface area contributed by atoms with Gasteiger partial charge in [-0.15, -0.1) is 0 Å². The number of benzene rings is 2. The Morgan fingerprint density at radius 2 is 1.69 bits per heavy atom. The normalized spacial score (nSPS) is 13.1. The van der Waals surface area contributed by atoms with Crippen LogP contribution in [0, 0.1) is 6.92 Å². The molecule has 0 saturated carbocycles. The van der Waals surface area contributed by atoms with Crippen LogP contribution in [0.5, 0.6) is 5.75 Å². The van der Waals surface area contributed by atoms with Crippen molar-refractivity contribution in [1.82, 2.24) is 10.2 Å². The summed E-state index contributed by atoms with van der Waals surface area (Å²) < 4.78 is 5.26. The van der Waals surface area contributed by atoms with Gasteiger partial charge >= 0.3 is 6.09 Å². The molecule has 2 unspecified atom stereocenters. The van der Waals surface area contributed by atoms with Crippen LogP contribution in [0.3, 0.4) is 0 Å². The third-order valence-electron chi connectivity index (χ3n) is 5.10. The van der Waals surface area contributed by atoms with Crippen molar-refractivity contribution in [2.24, 2.45) is 0 Å². The number of para-hydroxylation sites is 1. The Labute approximate surface area is 211 Å². The van der Waals surface area contributed by atoms with Crippen molar-refractivity contribution in [3.63, 3.8) is 0 Å². The van der Waals surface area contributed by atoms with E-state index >= 15 is 0 Å². The van der Waals surface area contributed by atoms with Crippen molar-refractivity contribution < 1.29 is 24.2 Å². The Kier molecular flexibility index (Phi) is 9.15. The summed E-state index contributed by atoms with van der Waals surface area (Å²) in [6, 6.07) is 8.85. The molecule has 3 amide bonds. The molecule has 0 radical (unpaired) electrons. The first-order valence-electron chi connectivity index (χ1n) is 11.4. The van der Waals surface area contributed by atoms with Gasteiger partial charge in [0.15, 0.2) is 0 Å². The van der Waals surface area contributed by atoms with Gasteiger partial charge in [0.1, 0.15) is 23.4 Å². The number of nitrogens with zero attached hydrogens (tertiary/aromatic N) is 1. The first-order chi connectivity index (χ1) is 16.2. The number of nitrogens with one attached hydrogen (secondary N) is 2. The van der Waals surface area contributed by atoms with Gasteiger partial charge in [-0.1, -0.05) is 35.9 Å². The largest absolute Gasteiger partial charge is 0.508 e. The molecule has 0 aliphatic rings. The topological polar surface area (TPSA) is 108 Å². The van der Waals surface area contributed by atoms with E-state index in [2.05, 4.69) is 10.6 Å². The van der Waals surface area contributed by atoms with Crippen LogP contribution >= 0.6 is 11.6 Å². The molecule has 2 atom stereocenters. The van der Waals surface area contributed by atoms with Crippen LogP contribution in [0.1, 0.15) is 58.7 Å². The number of hydrogen-bond donors (Lipinski definition) is 3. The summed E-state index contributed by atoms with van der Waals surface area (Å²) in [5, 5.41) is 15.8. The molecule has 0 aromatic heterocycles. The van der Waals surface area contributed by atoms with Gasteiger partial charge in [-0.25, -0.2) is 4.79 Å². The van der Waals surface area contributed by atoms with Gasteiger partial charge in [0.05, 0.1) is 10.7 Å². The first kappa shape index (κ1) is 28.0. The molecule has 0 heterocycles. The Hall–Kier alpha value is -3.26. The summed E-state index contributed by atoms with van der Waals surface area (Å²) >= 11 is 6.32. The van der Waals surface area contributed by atoms with Gasteiger partial charge in [-0.05, 0) is 77.8 Å². The Morgan fingerprint density at radius 1 is 1.06 bits per heavy atom. The number of amides is 3. The molecule has 0 saturated heterocycles. The summed E-state index contributed by atoms with van der Waals surface area (Å²) in [7, 11) is 0. The monoisotopic (exact) mass is 503 g/mol. The minimum atomic E-state index is -1.12. The second kappa shape index (κ2) is 11.4. The van der Waals surface area contributed by atoms with E-state index in [0.717, 1.165) is 5.56 Å². The van der Waals surface area contributed by atoms with Crippen molar-refractivity contribution in [1.29, 1.82) is 0 Å². The van der Waals surface area contributed by atoms with Crippen molar-refractivity contribution in [2.75, 3.05) is 5.32 Å². The molecule has 2 aromatic rings. The molecule has 3 N–H and O–H groups in total. The minimum absolute atomic E-state index is 0.0506. The maximum atomic E-state index is 13.7. The van der Waals surface area contributed by atoms with Gasteiger partial charge in [0.2, 0.25) is 5.91 Å². The highest BCUT2D eigenvalue weighted by Gasteiger charge is 2.36. The standard InChI is InChI=1S/C26H34ClN3O5/c1-15(2)30(24(33)17(4)28-25(34)35-26(5,6)7)22(18-11-9-12-19(31)14-18)23(32)29-21-16(3)10-8-13-20(21)27/h8-15,17,22,31H,1-7H3,(H,28,34)(H,29,32). The zero-order valence-corrected chi connectivity index (χ0v) is 21.9. The zero-order chi connectivity index (χ0) is 26.5. The zero-order valence-electron chi connectivity index (χ0n) is 21.2. The first-order valence-corrected chi connectivity index (χ1v) is 11.8. The van der Waals surface area contributed by atoms with Gasteiger partial charge in [-0.3, -0.25) is 9.59 Å². The predicted molar refractivity (Wildman–Crippen MR) is 136 cm³/mol. The number of halogens is 1. The second-order valence-corrected chi connectivity index (χ2v) is 10.0. The fourth-order valence-corrected chi connectivity index (χ4v) is 3.83. The van der Waals surface area contributed by atoms with Crippen LogP contribution < -0.4 is 10.6 Å². The average Bonchev–Trinajstić information content (AvgIpc) is 2.72. The molecular formula is C26H34ClN3O5. The number of phenolic OH excluding ortho intramolecular Hbond substituents is 1. The Morgan fingerprint density at radius 3 is 2.23 bits per heavy atom. The third-order valence-corrected chi connectivity index (χ3v) is 5.41. The van der Waals surface area contributed by atoms with Crippen LogP contribution in [-0.2, 0) is 14.3 Å². The predicted octanol–water partition coefficient (Wildman–Crippen LogP) is 5.18. The van der Waals surface area contributed by atoms with E-state index in [1.165, 1.54) is 24.0 Å². The summed E-state index contributed by atoms with van der Waals surface area (Å²) in [5.74, 6) is -1.06. The fourth-order valence-electron chi connectivity index (χ4n) is 3.56. The third kappa shape index (κ3) is 7.62. The number of carbonyl (C=O) groups is 3. The number of alkyl carbamates (subject to hydrolysis) is 1. The molecule has 9 heteroatoms. The van der Waals surface area contributed by atoms with Gasteiger partial charge in [-0.2, -0.15) is 0 Å². The summed E-state index contributed by atoms with van der Waals surface area (Å²) in [6.45, 7) is 12.0. The van der Waals surface area contributed by atoms with E-state index in [4.69, 9.17) is 16.3 Å². The van der Waals surface area contributed by atoms with E-state index in [9.17, 15) is 19.5 Å². The molecule has 0 spiro atoms. The van der Waals surface area contributed by atoms with Crippen molar-refractivity contribution in [2.45, 2.75) is 72.2 Å². The lowest BCUT2D eigenvalue weighted by Crippen LogP contribution is -2.53. The lowest BCUT2D eigenvalue weighted by atomic mass is 10.0. The quantitative estimate of drug-likeness (QED) is 0.482. The molecule has 0 bridgehead atoms. The lowest BCUT2D eigenvalue weighted by Gasteiger charge is -2.36. The van der Waals surface area contributed by atoms with E-state index < -0.39 is 41.6 Å². The summed E-state index contributed by atoms with van der Waals surface area (Å²) in [6.07, 6.45) is -0.743. The highest BCUT2D eigenvalue weighted by atomic mass is 35.5. The molecular weight excluding hydrogens is 470 g/mol. The Bertz CT molecular complexity index is 1060. The van der Waals surface area contributed by atoms with Crippen LogP contribution in [0.15, 0.2) is 42.5 Å². The summed E-state index contributed by atoms with van der Waals surface area (Å²) in [4.78, 5) is 40.9. The number of aryl methyl sites for hydroxylation is 1. The average molecular weight is 504 g/mol. The second-order valence-electron chi connectivity index (χ2n) is 9.63. The van der Waals surface area contributed by atoms with Crippen molar-refractivity contribution in [3.8, 4) is 5.75 Å². The van der Waals surface area contributed by atoms with Crippen LogP contribution in [-0.4, -0.2) is 45.6 Å². The molecule has 190 valence electrons. The fraction of sp³-hybridized carbons (Fsp3) is 0.423. The van der Waals surface area contributed by atoms with Crippen molar-refractivity contribution >= 4 is 35.2 Å². The smallest absolute Gasteiger partial charge is 0.408 e. The lowest BCUT2D eigenvalue weighted by molar-refractivity contribution is -0.142. The number of ether oxygens (including phenoxy) is 1. The van der Waals surface area contributed by atoms with E-state index in [1.807, 2.05) is 13.0 Å². The number of aromatic hydroxyl groups is 1. The molecule has 2 rings (SSSR count). The highest BCUT2D eigenvalue weighted by molar-refractivity contribution is 6.34. The van der Waals surface area contributed by atoms with E-state index in [-0.39, 0.29) is 5.75 Å². The molecule has 0 aliphatic heterocycles. The van der Waals surface area contributed by atoms with Gasteiger partial charge in [0, 0.05) is 6.04 Å². The minimum Gasteiger partial charge on any atom is -0.508 e. The van der Waals surface area contributed by atoms with E-state index in [0.29, 0.717) is 16.3 Å². The van der Waals surface area contributed by atoms with Gasteiger partial charge < -0.3 is 25.4 Å². The number of anilines is 1. The maximum Gasteiger partial charge on any atom is 0.408 e.